The predicted molar refractivity (Wildman–Crippen MR) is 116 cm³/mol. The summed E-state index contributed by atoms with van der Waals surface area (Å²) >= 11 is 0. The van der Waals surface area contributed by atoms with Crippen LogP contribution in [0.4, 0.5) is 5.69 Å². The third kappa shape index (κ3) is 2.68. The number of nitrogens with zero attached hydrogens (tertiary/aromatic N) is 5. The molecule has 1 atom stereocenters. The normalized spacial score (nSPS) is 16.8. The highest BCUT2D eigenvalue weighted by atomic mass is 16.5. The van der Waals surface area contributed by atoms with Gasteiger partial charge in [-0.15, -0.1) is 0 Å². The lowest BCUT2D eigenvalue weighted by Crippen LogP contribution is -2.31. The van der Waals surface area contributed by atoms with Crippen LogP contribution >= 0.6 is 0 Å². The molecule has 5 rings (SSSR count). The number of furan rings is 1. The standard InChI is InChI=1S/C23H23N5O2/c1-13-10-18(30-26-13)19-14(2)17(11-24)22-20(16-6-5-8-25-23(16)29-22)21(19)28-9-7-15(12-28)27(3)4/h5-6,8,10,15H,7,9,12H2,1-4H3/t15-/m0/s1. The van der Waals surface area contributed by atoms with Crippen LogP contribution in [0.5, 0.6) is 0 Å². The summed E-state index contributed by atoms with van der Waals surface area (Å²) in [7, 11) is 4.23. The Morgan fingerprint density at radius 2 is 2.13 bits per heavy atom. The number of hydrogen-bond acceptors (Lipinski definition) is 7. The van der Waals surface area contributed by atoms with Crippen LogP contribution in [0.1, 0.15) is 23.2 Å². The van der Waals surface area contributed by atoms with Gasteiger partial charge in [0.1, 0.15) is 6.07 Å². The number of pyridine rings is 1. The van der Waals surface area contributed by atoms with Crippen molar-refractivity contribution < 1.29 is 8.94 Å². The number of nitriles is 1. The van der Waals surface area contributed by atoms with Crippen molar-refractivity contribution in [3.05, 3.63) is 41.2 Å². The summed E-state index contributed by atoms with van der Waals surface area (Å²) in [6, 6.07) is 8.64. The van der Waals surface area contributed by atoms with E-state index < -0.39 is 0 Å². The van der Waals surface area contributed by atoms with Crippen molar-refractivity contribution in [3.8, 4) is 17.4 Å². The lowest BCUT2D eigenvalue weighted by molar-refractivity contribution is 0.315. The first-order valence-electron chi connectivity index (χ1n) is 10.1. The number of hydrogen-bond donors (Lipinski definition) is 0. The van der Waals surface area contributed by atoms with Crippen LogP contribution < -0.4 is 4.90 Å². The van der Waals surface area contributed by atoms with Gasteiger partial charge in [0.25, 0.3) is 0 Å². The van der Waals surface area contributed by atoms with Gasteiger partial charge >= 0.3 is 0 Å². The molecule has 0 saturated carbocycles. The Morgan fingerprint density at radius 3 is 2.80 bits per heavy atom. The molecule has 0 aliphatic carbocycles. The average molecular weight is 401 g/mol. The summed E-state index contributed by atoms with van der Waals surface area (Å²) < 4.78 is 11.8. The van der Waals surface area contributed by atoms with Crippen LogP contribution in [0.25, 0.3) is 33.4 Å². The molecule has 4 aromatic rings. The van der Waals surface area contributed by atoms with Crippen molar-refractivity contribution in [1.82, 2.24) is 15.0 Å². The van der Waals surface area contributed by atoms with Crippen LogP contribution in [0, 0.1) is 25.2 Å². The highest BCUT2D eigenvalue weighted by Gasteiger charge is 2.32. The van der Waals surface area contributed by atoms with E-state index in [0.29, 0.717) is 28.7 Å². The van der Waals surface area contributed by atoms with Crippen LogP contribution in [0.2, 0.25) is 0 Å². The van der Waals surface area contributed by atoms with Crippen molar-refractivity contribution in [1.29, 1.82) is 5.26 Å². The Balaban J connectivity index is 1.90. The first kappa shape index (κ1) is 18.6. The molecule has 30 heavy (non-hydrogen) atoms. The summed E-state index contributed by atoms with van der Waals surface area (Å²) in [4.78, 5) is 9.05. The zero-order chi connectivity index (χ0) is 21.0. The van der Waals surface area contributed by atoms with Gasteiger partial charge in [0.05, 0.1) is 27.7 Å². The number of rotatable bonds is 3. The van der Waals surface area contributed by atoms with Gasteiger partial charge in [0, 0.05) is 37.0 Å². The summed E-state index contributed by atoms with van der Waals surface area (Å²) in [5.41, 5.74) is 5.23. The van der Waals surface area contributed by atoms with E-state index in [1.165, 1.54) is 0 Å². The van der Waals surface area contributed by atoms with Gasteiger partial charge in [-0.05, 0) is 52.1 Å². The topological polar surface area (TPSA) is 82.3 Å². The van der Waals surface area contributed by atoms with Gasteiger partial charge in [-0.25, -0.2) is 4.98 Å². The van der Waals surface area contributed by atoms with Gasteiger partial charge in [-0.2, -0.15) is 5.26 Å². The largest absolute Gasteiger partial charge is 0.436 e. The van der Waals surface area contributed by atoms with Crippen molar-refractivity contribution in [2.45, 2.75) is 26.3 Å². The Labute approximate surface area is 174 Å². The van der Waals surface area contributed by atoms with E-state index in [0.717, 1.165) is 52.8 Å². The van der Waals surface area contributed by atoms with E-state index in [9.17, 15) is 5.26 Å². The summed E-state index contributed by atoms with van der Waals surface area (Å²) in [6.07, 6.45) is 2.78. The molecule has 0 radical (unpaired) electrons. The first-order chi connectivity index (χ1) is 14.5. The molecule has 152 valence electrons. The highest BCUT2D eigenvalue weighted by molar-refractivity contribution is 6.16. The summed E-state index contributed by atoms with van der Waals surface area (Å²) in [6.45, 7) is 5.66. The fourth-order valence-corrected chi connectivity index (χ4v) is 4.54. The van der Waals surface area contributed by atoms with Crippen molar-refractivity contribution in [2.24, 2.45) is 0 Å². The second kappa shape index (κ2) is 6.85. The lowest BCUT2D eigenvalue weighted by atomic mass is 9.94. The Kier molecular flexibility index (Phi) is 4.26. The Hall–Kier alpha value is -3.37. The maximum atomic E-state index is 9.99. The number of likely N-dealkylation sites (N-methyl/N-ethyl adjacent to an activating group) is 1. The molecule has 7 heteroatoms. The highest BCUT2D eigenvalue weighted by Crippen LogP contribution is 2.47. The van der Waals surface area contributed by atoms with Crippen LogP contribution in [0.3, 0.4) is 0 Å². The van der Waals surface area contributed by atoms with Crippen LogP contribution in [-0.2, 0) is 0 Å². The fraction of sp³-hybridized carbons (Fsp3) is 0.348. The molecular formula is C23H23N5O2. The molecule has 1 fully saturated rings. The molecule has 1 aliphatic heterocycles. The van der Waals surface area contributed by atoms with Gasteiger partial charge in [-0.3, -0.25) is 0 Å². The third-order valence-corrected chi connectivity index (χ3v) is 6.11. The quantitative estimate of drug-likeness (QED) is 0.507. The third-order valence-electron chi connectivity index (χ3n) is 6.11. The van der Waals surface area contributed by atoms with E-state index in [1.807, 2.05) is 32.0 Å². The van der Waals surface area contributed by atoms with Crippen molar-refractivity contribution in [3.63, 3.8) is 0 Å². The maximum Gasteiger partial charge on any atom is 0.227 e. The van der Waals surface area contributed by atoms with Gasteiger partial charge < -0.3 is 18.7 Å². The zero-order valence-corrected chi connectivity index (χ0v) is 17.6. The number of anilines is 1. The van der Waals surface area contributed by atoms with E-state index in [1.54, 1.807) is 6.20 Å². The lowest BCUT2D eigenvalue weighted by Gasteiger charge is -2.25. The minimum Gasteiger partial charge on any atom is -0.436 e. The first-order valence-corrected chi connectivity index (χ1v) is 10.1. The number of benzene rings is 1. The smallest absolute Gasteiger partial charge is 0.227 e. The number of fused-ring (bicyclic) bond motifs is 3. The maximum absolute atomic E-state index is 9.99. The molecule has 1 aromatic carbocycles. The molecule has 0 unspecified atom stereocenters. The minimum absolute atomic E-state index is 0.455. The average Bonchev–Trinajstić information content (AvgIpc) is 3.45. The Bertz CT molecular complexity index is 1310. The Morgan fingerprint density at radius 1 is 1.30 bits per heavy atom. The second-order valence-electron chi connectivity index (χ2n) is 8.18. The molecule has 3 aromatic heterocycles. The van der Waals surface area contributed by atoms with E-state index in [-0.39, 0.29) is 0 Å². The van der Waals surface area contributed by atoms with E-state index >= 15 is 0 Å². The SMILES string of the molecule is Cc1cc(-c2c(C)c(C#N)c3oc4ncccc4c3c2N2CC[C@H](N(C)C)C2)on1. The molecule has 0 spiro atoms. The molecule has 0 N–H and O–H groups in total. The fourth-order valence-electron chi connectivity index (χ4n) is 4.54. The summed E-state index contributed by atoms with van der Waals surface area (Å²) in [5.74, 6) is 0.671. The molecule has 0 amide bonds. The predicted octanol–water partition coefficient (Wildman–Crippen LogP) is 4.26. The number of aromatic nitrogens is 2. The van der Waals surface area contributed by atoms with Gasteiger partial charge in [0.2, 0.25) is 5.71 Å². The van der Waals surface area contributed by atoms with E-state index in [2.05, 4.69) is 40.1 Å². The van der Waals surface area contributed by atoms with E-state index in [4.69, 9.17) is 8.94 Å². The zero-order valence-electron chi connectivity index (χ0n) is 17.6. The monoisotopic (exact) mass is 401 g/mol. The van der Waals surface area contributed by atoms with Gasteiger partial charge in [0.15, 0.2) is 11.3 Å². The van der Waals surface area contributed by atoms with Crippen molar-refractivity contribution in [2.75, 3.05) is 32.1 Å². The molecule has 1 saturated heterocycles. The summed E-state index contributed by atoms with van der Waals surface area (Å²) in [5, 5.41) is 15.9. The molecule has 0 bridgehead atoms. The molecule has 1 aliphatic rings. The van der Waals surface area contributed by atoms with Crippen LogP contribution in [0.15, 0.2) is 33.3 Å². The molecule has 4 heterocycles. The number of aryl methyl sites for hydroxylation is 1. The van der Waals surface area contributed by atoms with Crippen molar-refractivity contribution >= 4 is 27.8 Å². The van der Waals surface area contributed by atoms with Crippen LogP contribution in [-0.4, -0.2) is 48.3 Å². The minimum atomic E-state index is 0.455. The second-order valence-corrected chi connectivity index (χ2v) is 8.18. The van der Waals surface area contributed by atoms with Gasteiger partial charge in [-0.1, -0.05) is 5.16 Å². The molecular weight excluding hydrogens is 378 g/mol. The molecule has 7 nitrogen and oxygen atoms in total.